The van der Waals surface area contributed by atoms with Crippen molar-refractivity contribution >= 4 is 22.3 Å². The van der Waals surface area contributed by atoms with Gasteiger partial charge in [0.05, 0.1) is 6.61 Å². The van der Waals surface area contributed by atoms with E-state index in [0.717, 1.165) is 21.9 Å². The molecule has 3 heteroatoms. The number of allylic oxidation sites excluding steroid dienone is 1. The van der Waals surface area contributed by atoms with Crippen molar-refractivity contribution in [2.24, 2.45) is 0 Å². The number of hydrogen-bond acceptors (Lipinski definition) is 3. The minimum absolute atomic E-state index is 0.301. The zero-order valence-corrected chi connectivity index (χ0v) is 10.5. The number of fused-ring (bicyclic) bond motifs is 1. The summed E-state index contributed by atoms with van der Waals surface area (Å²) >= 11 is 0. The lowest BCUT2D eigenvalue weighted by molar-refractivity contribution is -0.137. The molecular formula is C15H15NO2. The monoisotopic (exact) mass is 241 g/mol. The van der Waals surface area contributed by atoms with Gasteiger partial charge >= 0.3 is 5.97 Å². The van der Waals surface area contributed by atoms with Gasteiger partial charge in [0.25, 0.3) is 0 Å². The van der Waals surface area contributed by atoms with E-state index >= 15 is 0 Å². The molecule has 3 nitrogen and oxygen atoms in total. The Labute approximate surface area is 106 Å². The van der Waals surface area contributed by atoms with Gasteiger partial charge in [-0.1, -0.05) is 12.1 Å². The number of carbonyl (C=O) groups excluding carboxylic acids is 1. The number of aromatic nitrogens is 1. The molecular weight excluding hydrogens is 226 g/mol. The van der Waals surface area contributed by atoms with Gasteiger partial charge in [0.2, 0.25) is 0 Å². The van der Waals surface area contributed by atoms with Crippen LogP contribution in [-0.2, 0) is 9.53 Å². The lowest BCUT2D eigenvalue weighted by Crippen LogP contribution is -2.00. The minimum atomic E-state index is -0.301. The molecule has 0 aliphatic rings. The summed E-state index contributed by atoms with van der Waals surface area (Å²) < 4.78 is 4.90. The van der Waals surface area contributed by atoms with Gasteiger partial charge in [-0.05, 0) is 42.5 Å². The molecule has 0 unspecified atom stereocenters. The van der Waals surface area contributed by atoms with Crippen LogP contribution < -0.4 is 0 Å². The molecule has 0 spiro atoms. The Balaban J connectivity index is 2.33. The van der Waals surface area contributed by atoms with E-state index in [-0.39, 0.29) is 5.97 Å². The Kier molecular flexibility index (Phi) is 3.72. The van der Waals surface area contributed by atoms with E-state index in [2.05, 4.69) is 4.98 Å². The van der Waals surface area contributed by atoms with E-state index in [1.54, 1.807) is 13.1 Å². The maximum atomic E-state index is 11.4. The van der Waals surface area contributed by atoms with Crippen LogP contribution in [0.4, 0.5) is 0 Å². The minimum Gasteiger partial charge on any atom is -0.463 e. The predicted octanol–water partition coefficient (Wildman–Crippen LogP) is 3.20. The third-order valence-corrected chi connectivity index (χ3v) is 2.72. The second kappa shape index (κ2) is 5.45. The molecule has 18 heavy (non-hydrogen) atoms. The van der Waals surface area contributed by atoms with Crippen LogP contribution >= 0.6 is 0 Å². The number of ether oxygens (including phenoxy) is 1. The van der Waals surface area contributed by atoms with Crippen LogP contribution in [-0.4, -0.2) is 17.6 Å². The third kappa shape index (κ3) is 2.74. The summed E-state index contributed by atoms with van der Waals surface area (Å²) in [5.74, 6) is -0.301. The first-order chi connectivity index (χ1) is 8.70. The van der Waals surface area contributed by atoms with E-state index in [1.165, 1.54) is 6.08 Å². The van der Waals surface area contributed by atoms with Crippen LogP contribution in [0.15, 0.2) is 42.7 Å². The first-order valence-electron chi connectivity index (χ1n) is 5.90. The first-order valence-corrected chi connectivity index (χ1v) is 5.90. The van der Waals surface area contributed by atoms with Crippen LogP contribution in [0, 0.1) is 0 Å². The van der Waals surface area contributed by atoms with Crippen molar-refractivity contribution in [3.8, 4) is 0 Å². The molecule has 2 aromatic rings. The highest BCUT2D eigenvalue weighted by atomic mass is 16.5. The molecule has 1 heterocycles. The van der Waals surface area contributed by atoms with Crippen LogP contribution in [0.2, 0.25) is 0 Å². The van der Waals surface area contributed by atoms with Gasteiger partial charge in [-0.15, -0.1) is 0 Å². The molecule has 1 aromatic carbocycles. The highest BCUT2D eigenvalue weighted by Crippen LogP contribution is 2.20. The SMILES string of the molecule is CCOC(=O)/C=C(/C)c1ccc2cnccc2c1. The van der Waals surface area contributed by atoms with Crippen molar-refractivity contribution in [3.05, 3.63) is 48.3 Å². The standard InChI is InChI=1S/C15H15NO2/c1-3-18-15(17)8-11(2)12-4-5-14-10-16-7-6-13(14)9-12/h4-10H,3H2,1-2H3/b11-8-. The van der Waals surface area contributed by atoms with Gasteiger partial charge in [0, 0.05) is 23.9 Å². The van der Waals surface area contributed by atoms with Crippen LogP contribution in [0.5, 0.6) is 0 Å². The Morgan fingerprint density at radius 1 is 1.33 bits per heavy atom. The highest BCUT2D eigenvalue weighted by molar-refractivity contribution is 5.93. The highest BCUT2D eigenvalue weighted by Gasteiger charge is 2.02. The number of hydrogen-bond donors (Lipinski definition) is 0. The second-order valence-corrected chi connectivity index (χ2v) is 4.02. The number of esters is 1. The summed E-state index contributed by atoms with van der Waals surface area (Å²) in [4.78, 5) is 15.5. The summed E-state index contributed by atoms with van der Waals surface area (Å²) in [7, 11) is 0. The molecule has 0 radical (unpaired) electrons. The molecule has 0 saturated carbocycles. The molecule has 92 valence electrons. The van der Waals surface area contributed by atoms with Gasteiger partial charge in [0.1, 0.15) is 0 Å². The first kappa shape index (κ1) is 12.3. The number of pyridine rings is 1. The lowest BCUT2D eigenvalue weighted by Gasteiger charge is -2.04. The molecule has 0 bridgehead atoms. The Hall–Kier alpha value is -2.16. The van der Waals surface area contributed by atoms with Crippen molar-refractivity contribution in [3.63, 3.8) is 0 Å². The number of rotatable bonds is 3. The zero-order valence-electron chi connectivity index (χ0n) is 10.5. The van der Waals surface area contributed by atoms with E-state index in [4.69, 9.17) is 4.74 Å². The van der Waals surface area contributed by atoms with Gasteiger partial charge in [-0.2, -0.15) is 0 Å². The van der Waals surface area contributed by atoms with E-state index in [9.17, 15) is 4.79 Å². The molecule has 0 fully saturated rings. The Morgan fingerprint density at radius 2 is 2.17 bits per heavy atom. The topological polar surface area (TPSA) is 39.2 Å². The van der Waals surface area contributed by atoms with Crippen molar-refractivity contribution in [1.29, 1.82) is 0 Å². The average Bonchev–Trinajstić information content (AvgIpc) is 2.38. The molecule has 0 amide bonds. The van der Waals surface area contributed by atoms with Crippen LogP contribution in [0.3, 0.4) is 0 Å². The number of nitrogens with zero attached hydrogens (tertiary/aromatic N) is 1. The quantitative estimate of drug-likeness (QED) is 0.612. The van der Waals surface area contributed by atoms with Crippen LogP contribution in [0.25, 0.3) is 16.3 Å². The van der Waals surface area contributed by atoms with Crippen LogP contribution in [0.1, 0.15) is 19.4 Å². The maximum absolute atomic E-state index is 11.4. The van der Waals surface area contributed by atoms with Gasteiger partial charge in [-0.25, -0.2) is 4.79 Å². The maximum Gasteiger partial charge on any atom is 0.331 e. The fraction of sp³-hybridized carbons (Fsp3) is 0.200. The summed E-state index contributed by atoms with van der Waals surface area (Å²) in [6.07, 6.45) is 5.10. The molecule has 0 atom stereocenters. The van der Waals surface area contributed by atoms with Gasteiger partial charge < -0.3 is 4.74 Å². The number of benzene rings is 1. The molecule has 1 aromatic heterocycles. The van der Waals surface area contributed by atoms with Gasteiger partial charge in [-0.3, -0.25) is 4.98 Å². The summed E-state index contributed by atoms with van der Waals surface area (Å²) in [5.41, 5.74) is 1.91. The normalized spacial score (nSPS) is 11.6. The van der Waals surface area contributed by atoms with Crippen molar-refractivity contribution in [1.82, 2.24) is 4.98 Å². The van der Waals surface area contributed by atoms with Crippen molar-refractivity contribution in [2.45, 2.75) is 13.8 Å². The average molecular weight is 241 g/mol. The summed E-state index contributed by atoms with van der Waals surface area (Å²) in [5, 5.41) is 2.20. The lowest BCUT2D eigenvalue weighted by atomic mass is 10.0. The van der Waals surface area contributed by atoms with E-state index in [0.29, 0.717) is 6.61 Å². The largest absolute Gasteiger partial charge is 0.463 e. The van der Waals surface area contributed by atoms with Crippen molar-refractivity contribution in [2.75, 3.05) is 6.61 Å². The van der Waals surface area contributed by atoms with Crippen molar-refractivity contribution < 1.29 is 9.53 Å². The zero-order chi connectivity index (χ0) is 13.0. The second-order valence-electron chi connectivity index (χ2n) is 4.02. The predicted molar refractivity (Wildman–Crippen MR) is 72.0 cm³/mol. The molecule has 0 N–H and O–H groups in total. The van der Waals surface area contributed by atoms with E-state index in [1.807, 2.05) is 37.4 Å². The third-order valence-electron chi connectivity index (χ3n) is 2.72. The Morgan fingerprint density at radius 3 is 2.94 bits per heavy atom. The van der Waals surface area contributed by atoms with E-state index < -0.39 is 0 Å². The summed E-state index contributed by atoms with van der Waals surface area (Å²) in [6.45, 7) is 4.09. The number of carbonyl (C=O) groups is 1. The molecule has 2 rings (SSSR count). The molecule has 0 saturated heterocycles. The smallest absolute Gasteiger partial charge is 0.331 e. The summed E-state index contributed by atoms with van der Waals surface area (Å²) in [6, 6.07) is 7.98. The molecule has 0 aliphatic carbocycles. The molecule has 0 aliphatic heterocycles. The fourth-order valence-electron chi connectivity index (χ4n) is 1.77. The van der Waals surface area contributed by atoms with Gasteiger partial charge in [0.15, 0.2) is 0 Å². The Bertz CT molecular complexity index is 602. The fourth-order valence-corrected chi connectivity index (χ4v) is 1.77.